The van der Waals surface area contributed by atoms with Crippen molar-refractivity contribution >= 4 is 22.4 Å². The summed E-state index contributed by atoms with van der Waals surface area (Å²) < 4.78 is 0. The van der Waals surface area contributed by atoms with Crippen LogP contribution in [-0.4, -0.2) is 16.0 Å². The molecule has 4 heteroatoms. The summed E-state index contributed by atoms with van der Waals surface area (Å²) in [6.07, 6.45) is 3.43. The third-order valence-corrected chi connectivity index (χ3v) is 3.40. The number of aromatic nitrogens is 1. The summed E-state index contributed by atoms with van der Waals surface area (Å²) >= 11 is 0. The van der Waals surface area contributed by atoms with Gasteiger partial charge in [0.05, 0.1) is 5.69 Å². The number of hydrogen-bond donors (Lipinski definition) is 2. The van der Waals surface area contributed by atoms with Crippen molar-refractivity contribution in [2.45, 2.75) is 6.92 Å². The van der Waals surface area contributed by atoms with E-state index < -0.39 is 0 Å². The first-order chi connectivity index (χ1) is 10.1. The van der Waals surface area contributed by atoms with E-state index in [1.165, 1.54) is 6.07 Å². The maximum absolute atomic E-state index is 12.3. The molecule has 1 heterocycles. The van der Waals surface area contributed by atoms with Gasteiger partial charge >= 0.3 is 0 Å². The molecule has 3 rings (SSSR count). The Morgan fingerprint density at radius 3 is 2.86 bits per heavy atom. The van der Waals surface area contributed by atoms with Crippen LogP contribution >= 0.6 is 0 Å². The lowest BCUT2D eigenvalue weighted by molar-refractivity contribution is 0.102. The summed E-state index contributed by atoms with van der Waals surface area (Å²) in [5.74, 6) is -0.149. The van der Waals surface area contributed by atoms with E-state index in [1.807, 2.05) is 24.3 Å². The molecule has 0 aliphatic heterocycles. The summed E-state index contributed by atoms with van der Waals surface area (Å²) in [6, 6.07) is 12.4. The molecule has 0 radical (unpaired) electrons. The number of hydrogen-bond acceptors (Lipinski definition) is 3. The van der Waals surface area contributed by atoms with Gasteiger partial charge in [-0.2, -0.15) is 0 Å². The predicted molar refractivity (Wildman–Crippen MR) is 82.5 cm³/mol. The van der Waals surface area contributed by atoms with Gasteiger partial charge in [0, 0.05) is 23.3 Å². The Morgan fingerprint density at radius 1 is 1.19 bits per heavy atom. The Morgan fingerprint density at radius 2 is 2.05 bits per heavy atom. The highest BCUT2D eigenvalue weighted by Gasteiger charge is 2.10. The van der Waals surface area contributed by atoms with Gasteiger partial charge in [-0.25, -0.2) is 0 Å². The number of aryl methyl sites for hydroxylation is 1. The van der Waals surface area contributed by atoms with Crippen molar-refractivity contribution in [1.82, 2.24) is 4.98 Å². The fourth-order valence-corrected chi connectivity index (χ4v) is 2.17. The van der Waals surface area contributed by atoms with Crippen LogP contribution in [-0.2, 0) is 0 Å². The molecule has 0 atom stereocenters. The van der Waals surface area contributed by atoms with E-state index in [4.69, 9.17) is 0 Å². The number of benzene rings is 2. The zero-order valence-electron chi connectivity index (χ0n) is 11.5. The van der Waals surface area contributed by atoms with Gasteiger partial charge in [-0.05, 0) is 42.1 Å². The average Bonchev–Trinajstić information content (AvgIpc) is 2.50. The van der Waals surface area contributed by atoms with Gasteiger partial charge in [0.25, 0.3) is 5.91 Å². The van der Waals surface area contributed by atoms with Gasteiger partial charge < -0.3 is 10.4 Å². The van der Waals surface area contributed by atoms with Crippen LogP contribution in [0.5, 0.6) is 5.75 Å². The van der Waals surface area contributed by atoms with Crippen LogP contribution in [0.4, 0.5) is 5.69 Å². The SMILES string of the molecule is Cc1ccc(C(=O)Nc2cccc3ccncc23)cc1O. The minimum atomic E-state index is -0.262. The molecule has 0 unspecified atom stereocenters. The lowest BCUT2D eigenvalue weighted by Crippen LogP contribution is -2.12. The van der Waals surface area contributed by atoms with E-state index in [1.54, 1.807) is 31.5 Å². The molecule has 2 aromatic carbocycles. The number of carbonyl (C=O) groups excluding carboxylic acids is 1. The van der Waals surface area contributed by atoms with Gasteiger partial charge in [-0.15, -0.1) is 0 Å². The summed E-state index contributed by atoms with van der Waals surface area (Å²) in [5.41, 5.74) is 1.85. The Labute approximate surface area is 122 Å². The fourth-order valence-electron chi connectivity index (χ4n) is 2.17. The van der Waals surface area contributed by atoms with Gasteiger partial charge in [-0.3, -0.25) is 9.78 Å². The number of phenols is 1. The zero-order valence-corrected chi connectivity index (χ0v) is 11.5. The first kappa shape index (κ1) is 13.1. The van der Waals surface area contributed by atoms with Crippen LogP contribution in [0.15, 0.2) is 54.9 Å². The molecule has 3 aromatic rings. The van der Waals surface area contributed by atoms with Crippen molar-refractivity contribution in [2.24, 2.45) is 0 Å². The van der Waals surface area contributed by atoms with Crippen molar-refractivity contribution in [3.05, 3.63) is 66.0 Å². The number of rotatable bonds is 2. The van der Waals surface area contributed by atoms with Crippen LogP contribution in [0.2, 0.25) is 0 Å². The lowest BCUT2D eigenvalue weighted by Gasteiger charge is -2.09. The van der Waals surface area contributed by atoms with Crippen molar-refractivity contribution in [3.8, 4) is 5.75 Å². The second-order valence-corrected chi connectivity index (χ2v) is 4.86. The van der Waals surface area contributed by atoms with Gasteiger partial charge in [0.2, 0.25) is 0 Å². The highest BCUT2D eigenvalue weighted by molar-refractivity contribution is 6.09. The molecule has 1 amide bonds. The number of aromatic hydroxyl groups is 1. The molecule has 0 bridgehead atoms. The largest absolute Gasteiger partial charge is 0.508 e. The van der Waals surface area contributed by atoms with E-state index in [0.29, 0.717) is 11.3 Å². The van der Waals surface area contributed by atoms with Gasteiger partial charge in [0.1, 0.15) is 5.75 Å². The summed E-state index contributed by atoms with van der Waals surface area (Å²) in [4.78, 5) is 16.4. The minimum Gasteiger partial charge on any atom is -0.508 e. The molecule has 104 valence electrons. The molecule has 0 aliphatic carbocycles. The maximum atomic E-state index is 12.3. The third kappa shape index (κ3) is 2.56. The smallest absolute Gasteiger partial charge is 0.255 e. The highest BCUT2D eigenvalue weighted by Crippen LogP contribution is 2.23. The number of carbonyl (C=O) groups is 1. The third-order valence-electron chi connectivity index (χ3n) is 3.40. The van der Waals surface area contributed by atoms with E-state index >= 15 is 0 Å². The molecule has 4 nitrogen and oxygen atoms in total. The zero-order chi connectivity index (χ0) is 14.8. The summed E-state index contributed by atoms with van der Waals surface area (Å²) in [6.45, 7) is 1.79. The summed E-state index contributed by atoms with van der Waals surface area (Å²) in [5, 5.41) is 14.4. The molecule has 0 saturated heterocycles. The van der Waals surface area contributed by atoms with Crippen molar-refractivity contribution in [1.29, 1.82) is 0 Å². The molecule has 2 N–H and O–H groups in total. The van der Waals surface area contributed by atoms with E-state index in [-0.39, 0.29) is 11.7 Å². The van der Waals surface area contributed by atoms with Crippen LogP contribution < -0.4 is 5.32 Å². The number of phenolic OH excluding ortho intramolecular Hbond substituents is 1. The molecule has 0 spiro atoms. The Balaban J connectivity index is 1.94. The lowest BCUT2D eigenvalue weighted by atomic mass is 10.1. The normalized spacial score (nSPS) is 10.5. The molecule has 1 aromatic heterocycles. The molecular formula is C17H14N2O2. The van der Waals surface area contributed by atoms with Crippen molar-refractivity contribution in [3.63, 3.8) is 0 Å². The van der Waals surface area contributed by atoms with Crippen LogP contribution in [0.1, 0.15) is 15.9 Å². The maximum Gasteiger partial charge on any atom is 0.255 e. The van der Waals surface area contributed by atoms with Crippen molar-refractivity contribution in [2.75, 3.05) is 5.32 Å². The van der Waals surface area contributed by atoms with E-state index in [0.717, 1.165) is 16.3 Å². The fraction of sp³-hybridized carbons (Fsp3) is 0.0588. The Bertz CT molecular complexity index is 823. The van der Waals surface area contributed by atoms with Gasteiger partial charge in [0.15, 0.2) is 0 Å². The molecular weight excluding hydrogens is 264 g/mol. The number of nitrogens with one attached hydrogen (secondary N) is 1. The standard InChI is InChI=1S/C17H14N2O2/c1-11-5-6-13(9-16(11)20)17(21)19-15-4-2-3-12-7-8-18-10-14(12)15/h2-10,20H,1H3,(H,19,21). The average molecular weight is 278 g/mol. The monoisotopic (exact) mass is 278 g/mol. The van der Waals surface area contributed by atoms with Crippen LogP contribution in [0.3, 0.4) is 0 Å². The quantitative estimate of drug-likeness (QED) is 0.754. The molecule has 0 saturated carbocycles. The molecule has 0 fully saturated rings. The Kier molecular flexibility index (Phi) is 3.28. The predicted octanol–water partition coefficient (Wildman–Crippen LogP) is 3.50. The highest BCUT2D eigenvalue weighted by atomic mass is 16.3. The van der Waals surface area contributed by atoms with Crippen LogP contribution in [0, 0.1) is 6.92 Å². The number of fused-ring (bicyclic) bond motifs is 1. The minimum absolute atomic E-state index is 0.113. The molecule has 21 heavy (non-hydrogen) atoms. The second kappa shape index (κ2) is 5.25. The summed E-state index contributed by atoms with van der Waals surface area (Å²) in [7, 11) is 0. The Hall–Kier alpha value is -2.88. The number of anilines is 1. The first-order valence-corrected chi connectivity index (χ1v) is 6.59. The second-order valence-electron chi connectivity index (χ2n) is 4.86. The van der Waals surface area contributed by atoms with E-state index in [9.17, 15) is 9.90 Å². The topological polar surface area (TPSA) is 62.2 Å². The van der Waals surface area contributed by atoms with E-state index in [2.05, 4.69) is 10.3 Å². The van der Waals surface area contributed by atoms with Gasteiger partial charge in [-0.1, -0.05) is 18.2 Å². The number of amides is 1. The number of pyridine rings is 1. The van der Waals surface area contributed by atoms with Crippen molar-refractivity contribution < 1.29 is 9.90 Å². The molecule has 0 aliphatic rings. The first-order valence-electron chi connectivity index (χ1n) is 6.59. The number of nitrogens with zero attached hydrogens (tertiary/aromatic N) is 1. The van der Waals surface area contributed by atoms with Crippen LogP contribution in [0.25, 0.3) is 10.8 Å².